The number of para-hydroxylation sites is 3. The Bertz CT molecular complexity index is 1100. The second-order valence-electron chi connectivity index (χ2n) is 8.12. The summed E-state index contributed by atoms with van der Waals surface area (Å²) in [7, 11) is 0. The maximum absolute atomic E-state index is 12.6. The number of oxazole rings is 1. The monoisotopic (exact) mass is 416 g/mol. The van der Waals surface area contributed by atoms with E-state index in [-0.39, 0.29) is 18.1 Å². The molecule has 5 rings (SSSR count). The van der Waals surface area contributed by atoms with E-state index in [9.17, 15) is 10.1 Å². The van der Waals surface area contributed by atoms with E-state index >= 15 is 0 Å². The number of ether oxygens (including phenoxy) is 1. The summed E-state index contributed by atoms with van der Waals surface area (Å²) in [4.78, 5) is 21.1. The molecular weight excluding hydrogens is 392 g/mol. The van der Waals surface area contributed by atoms with E-state index in [1.54, 1.807) is 4.90 Å². The van der Waals surface area contributed by atoms with Crippen LogP contribution in [0.4, 0.5) is 0 Å². The molecular formula is C24H24N4O3. The minimum atomic E-state index is -0.273. The molecule has 158 valence electrons. The number of nitrogens with zero attached hydrogens (tertiary/aromatic N) is 4. The van der Waals surface area contributed by atoms with Gasteiger partial charge in [-0.25, -0.2) is 4.98 Å². The second kappa shape index (κ2) is 8.40. The fourth-order valence-electron chi connectivity index (χ4n) is 4.43. The fraction of sp³-hybridized carbons (Fsp3) is 0.375. The molecule has 2 saturated heterocycles. The molecule has 7 nitrogen and oxygen atoms in total. The number of carbonyl (C=O) groups excluding carboxylic acids is 1. The Hall–Kier alpha value is -3.37. The van der Waals surface area contributed by atoms with Gasteiger partial charge in [0.2, 0.25) is 11.8 Å². The molecule has 2 aromatic carbocycles. The van der Waals surface area contributed by atoms with Gasteiger partial charge < -0.3 is 14.1 Å². The average molecular weight is 416 g/mol. The number of hydrogen-bond donors (Lipinski definition) is 0. The summed E-state index contributed by atoms with van der Waals surface area (Å²) in [6, 6.07) is 17.4. The number of rotatable bonds is 5. The van der Waals surface area contributed by atoms with Crippen LogP contribution in [0, 0.1) is 11.3 Å². The molecule has 2 fully saturated rings. The predicted octanol–water partition coefficient (Wildman–Crippen LogP) is 3.46. The Morgan fingerprint density at radius 1 is 1.16 bits per heavy atom. The molecule has 2 unspecified atom stereocenters. The SMILES string of the molecule is N#CC1CCCN1C(=O)CN1CCC(Oc2ccccc2-c2nc3ccccc3o2)C1. The zero-order chi connectivity index (χ0) is 21.2. The molecule has 0 N–H and O–H groups in total. The number of hydrogen-bond acceptors (Lipinski definition) is 6. The van der Waals surface area contributed by atoms with E-state index in [2.05, 4.69) is 16.0 Å². The van der Waals surface area contributed by atoms with Gasteiger partial charge in [0.25, 0.3) is 0 Å². The summed E-state index contributed by atoms with van der Waals surface area (Å²) in [5.74, 6) is 1.31. The summed E-state index contributed by atoms with van der Waals surface area (Å²) in [5, 5.41) is 9.23. The highest BCUT2D eigenvalue weighted by Gasteiger charge is 2.32. The first kappa shape index (κ1) is 19.6. The van der Waals surface area contributed by atoms with Crippen LogP contribution in [0.5, 0.6) is 5.75 Å². The lowest BCUT2D eigenvalue weighted by molar-refractivity contribution is -0.132. The molecule has 7 heteroatoms. The number of benzene rings is 2. The maximum Gasteiger partial charge on any atom is 0.237 e. The molecule has 1 amide bonds. The van der Waals surface area contributed by atoms with Crippen LogP contribution in [0.3, 0.4) is 0 Å². The number of likely N-dealkylation sites (tertiary alicyclic amines) is 2. The van der Waals surface area contributed by atoms with Gasteiger partial charge >= 0.3 is 0 Å². The minimum Gasteiger partial charge on any atom is -0.488 e. The van der Waals surface area contributed by atoms with E-state index in [1.165, 1.54) is 0 Å². The molecule has 0 saturated carbocycles. The molecule has 0 bridgehead atoms. The van der Waals surface area contributed by atoms with E-state index in [4.69, 9.17) is 9.15 Å². The van der Waals surface area contributed by atoms with Crippen LogP contribution in [0.25, 0.3) is 22.6 Å². The van der Waals surface area contributed by atoms with Gasteiger partial charge in [0.1, 0.15) is 23.4 Å². The Labute approximate surface area is 180 Å². The topological polar surface area (TPSA) is 82.6 Å². The zero-order valence-electron chi connectivity index (χ0n) is 17.2. The fourth-order valence-corrected chi connectivity index (χ4v) is 4.43. The first-order valence-electron chi connectivity index (χ1n) is 10.7. The standard InChI is InChI=1S/C24H24N4O3/c25-14-17-6-5-12-28(17)23(29)16-27-13-11-18(15-27)30-21-9-3-1-7-19(21)24-26-20-8-2-4-10-22(20)31-24/h1-4,7-10,17-18H,5-6,11-13,15-16H2. The van der Waals surface area contributed by atoms with E-state index < -0.39 is 0 Å². The number of fused-ring (bicyclic) bond motifs is 1. The van der Waals surface area contributed by atoms with Crippen molar-refractivity contribution in [1.82, 2.24) is 14.8 Å². The highest BCUT2D eigenvalue weighted by atomic mass is 16.5. The molecule has 1 aromatic heterocycles. The largest absolute Gasteiger partial charge is 0.488 e. The van der Waals surface area contributed by atoms with Crippen LogP contribution >= 0.6 is 0 Å². The Morgan fingerprint density at radius 2 is 2.00 bits per heavy atom. The average Bonchev–Trinajstić information content (AvgIpc) is 3.53. The van der Waals surface area contributed by atoms with Crippen molar-refractivity contribution in [3.05, 3.63) is 48.5 Å². The van der Waals surface area contributed by atoms with Crippen LogP contribution in [0.2, 0.25) is 0 Å². The summed E-state index contributed by atoms with van der Waals surface area (Å²) >= 11 is 0. The van der Waals surface area contributed by atoms with Gasteiger partial charge in [0.05, 0.1) is 18.2 Å². The molecule has 0 aliphatic carbocycles. The van der Waals surface area contributed by atoms with Crippen molar-refractivity contribution in [3.8, 4) is 23.3 Å². The number of aromatic nitrogens is 1. The Balaban J connectivity index is 1.25. The van der Waals surface area contributed by atoms with Gasteiger partial charge in [-0.05, 0) is 43.5 Å². The van der Waals surface area contributed by atoms with Crippen molar-refractivity contribution in [2.45, 2.75) is 31.4 Å². The van der Waals surface area contributed by atoms with E-state index in [0.717, 1.165) is 48.2 Å². The third kappa shape index (κ3) is 3.99. The maximum atomic E-state index is 12.6. The lowest BCUT2D eigenvalue weighted by Crippen LogP contribution is -2.42. The van der Waals surface area contributed by atoms with Gasteiger partial charge in [0.15, 0.2) is 5.58 Å². The first-order chi connectivity index (χ1) is 15.2. The van der Waals surface area contributed by atoms with Crippen LogP contribution in [-0.4, -0.2) is 59.0 Å². The number of carbonyl (C=O) groups is 1. The lowest BCUT2D eigenvalue weighted by Gasteiger charge is -2.23. The molecule has 0 radical (unpaired) electrons. The van der Waals surface area contributed by atoms with Crippen molar-refractivity contribution in [1.29, 1.82) is 5.26 Å². The summed E-state index contributed by atoms with van der Waals surface area (Å²) in [6.07, 6.45) is 2.52. The molecule has 2 atom stereocenters. The summed E-state index contributed by atoms with van der Waals surface area (Å²) in [6.45, 7) is 2.50. The van der Waals surface area contributed by atoms with Crippen molar-refractivity contribution >= 4 is 17.0 Å². The van der Waals surface area contributed by atoms with Crippen molar-refractivity contribution in [3.63, 3.8) is 0 Å². The Kier molecular flexibility index (Phi) is 5.31. The van der Waals surface area contributed by atoms with Crippen LogP contribution in [0.1, 0.15) is 19.3 Å². The third-order valence-electron chi connectivity index (χ3n) is 6.02. The van der Waals surface area contributed by atoms with Gasteiger partial charge in [0, 0.05) is 19.6 Å². The predicted molar refractivity (Wildman–Crippen MR) is 115 cm³/mol. The van der Waals surface area contributed by atoms with Crippen LogP contribution in [-0.2, 0) is 4.79 Å². The first-order valence-corrected chi connectivity index (χ1v) is 10.7. The number of nitriles is 1. The molecule has 2 aliphatic heterocycles. The van der Waals surface area contributed by atoms with Crippen molar-refractivity contribution in [2.24, 2.45) is 0 Å². The summed E-state index contributed by atoms with van der Waals surface area (Å²) in [5.41, 5.74) is 2.38. The molecule has 3 aromatic rings. The van der Waals surface area contributed by atoms with Gasteiger partial charge in [-0.15, -0.1) is 0 Å². The van der Waals surface area contributed by atoms with Gasteiger partial charge in [-0.1, -0.05) is 24.3 Å². The van der Waals surface area contributed by atoms with Crippen molar-refractivity contribution in [2.75, 3.05) is 26.2 Å². The van der Waals surface area contributed by atoms with E-state index in [1.807, 2.05) is 48.5 Å². The third-order valence-corrected chi connectivity index (χ3v) is 6.02. The molecule has 2 aliphatic rings. The Morgan fingerprint density at radius 3 is 2.87 bits per heavy atom. The normalized spacial score (nSPS) is 21.5. The van der Waals surface area contributed by atoms with Crippen molar-refractivity contribution < 1.29 is 13.9 Å². The second-order valence-corrected chi connectivity index (χ2v) is 8.12. The van der Waals surface area contributed by atoms with Crippen LogP contribution in [0.15, 0.2) is 52.9 Å². The highest BCUT2D eigenvalue weighted by molar-refractivity contribution is 5.79. The molecule has 31 heavy (non-hydrogen) atoms. The van der Waals surface area contributed by atoms with Crippen LogP contribution < -0.4 is 4.74 Å². The molecule has 3 heterocycles. The lowest BCUT2D eigenvalue weighted by atomic mass is 10.2. The number of amides is 1. The highest BCUT2D eigenvalue weighted by Crippen LogP contribution is 2.33. The van der Waals surface area contributed by atoms with Gasteiger partial charge in [-0.3, -0.25) is 9.69 Å². The quantitative estimate of drug-likeness (QED) is 0.633. The van der Waals surface area contributed by atoms with Gasteiger partial charge in [-0.2, -0.15) is 5.26 Å². The summed E-state index contributed by atoms with van der Waals surface area (Å²) < 4.78 is 12.3. The smallest absolute Gasteiger partial charge is 0.237 e. The minimum absolute atomic E-state index is 0.0105. The van der Waals surface area contributed by atoms with E-state index in [0.29, 0.717) is 25.5 Å². The molecule has 0 spiro atoms. The zero-order valence-corrected chi connectivity index (χ0v) is 17.2.